The lowest BCUT2D eigenvalue weighted by Crippen LogP contribution is -2.04. The minimum absolute atomic E-state index is 0.657. The molecule has 2 aromatic rings. The standard InChI is InChI=1S/C17H19BrClNO/c1-3-8-21-17-9-12(2)4-7-16(17)20-11-13-10-14(18)5-6-15(13)19/h4-7,9-10,20H,3,8,11H2,1-2H3. The average molecular weight is 369 g/mol. The van der Waals surface area contributed by atoms with Crippen molar-refractivity contribution in [3.05, 3.63) is 57.0 Å². The zero-order valence-electron chi connectivity index (χ0n) is 12.2. The highest BCUT2D eigenvalue weighted by Gasteiger charge is 2.06. The average Bonchev–Trinajstić information content (AvgIpc) is 2.47. The number of halogens is 2. The van der Waals surface area contributed by atoms with E-state index in [1.165, 1.54) is 5.56 Å². The number of hydrogen-bond acceptors (Lipinski definition) is 2. The number of anilines is 1. The van der Waals surface area contributed by atoms with E-state index in [0.717, 1.165) is 39.5 Å². The number of rotatable bonds is 6. The molecule has 0 heterocycles. The van der Waals surface area contributed by atoms with Gasteiger partial charge in [0.15, 0.2) is 0 Å². The second kappa shape index (κ2) is 7.71. The Morgan fingerprint density at radius 1 is 1.19 bits per heavy atom. The molecule has 0 aromatic heterocycles. The van der Waals surface area contributed by atoms with Gasteiger partial charge in [0.1, 0.15) is 5.75 Å². The van der Waals surface area contributed by atoms with Gasteiger partial charge < -0.3 is 10.1 Å². The van der Waals surface area contributed by atoms with E-state index in [0.29, 0.717) is 6.54 Å². The molecule has 0 radical (unpaired) electrons. The molecule has 2 nitrogen and oxygen atoms in total. The third-order valence-electron chi connectivity index (χ3n) is 3.08. The molecule has 2 rings (SSSR count). The smallest absolute Gasteiger partial charge is 0.142 e. The number of ether oxygens (including phenoxy) is 1. The van der Waals surface area contributed by atoms with Crippen LogP contribution in [0.3, 0.4) is 0 Å². The predicted octanol–water partition coefficient (Wildman–Crippen LogP) is 5.81. The summed E-state index contributed by atoms with van der Waals surface area (Å²) in [6.07, 6.45) is 0.991. The zero-order valence-corrected chi connectivity index (χ0v) is 14.6. The first-order valence-electron chi connectivity index (χ1n) is 7.01. The van der Waals surface area contributed by atoms with Crippen LogP contribution in [0.4, 0.5) is 5.69 Å². The maximum absolute atomic E-state index is 6.22. The molecule has 0 spiro atoms. The highest BCUT2D eigenvalue weighted by molar-refractivity contribution is 9.10. The molecule has 0 bridgehead atoms. The summed E-state index contributed by atoms with van der Waals surface area (Å²) < 4.78 is 6.83. The van der Waals surface area contributed by atoms with Gasteiger partial charge in [-0.2, -0.15) is 0 Å². The second-order valence-electron chi connectivity index (χ2n) is 4.94. The van der Waals surface area contributed by atoms with Gasteiger partial charge in [0, 0.05) is 16.0 Å². The molecule has 2 aromatic carbocycles. The Kier molecular flexibility index (Phi) is 5.95. The third kappa shape index (κ3) is 4.65. The topological polar surface area (TPSA) is 21.3 Å². The van der Waals surface area contributed by atoms with Gasteiger partial charge in [-0.1, -0.05) is 40.5 Å². The van der Waals surface area contributed by atoms with Crippen LogP contribution in [0.1, 0.15) is 24.5 Å². The van der Waals surface area contributed by atoms with Gasteiger partial charge in [-0.15, -0.1) is 0 Å². The Bertz CT molecular complexity index is 616. The van der Waals surface area contributed by atoms with Crippen molar-refractivity contribution in [2.75, 3.05) is 11.9 Å². The van der Waals surface area contributed by atoms with Gasteiger partial charge in [0.2, 0.25) is 0 Å². The van der Waals surface area contributed by atoms with Crippen molar-refractivity contribution in [2.24, 2.45) is 0 Å². The molecule has 0 aliphatic rings. The Balaban J connectivity index is 2.13. The summed E-state index contributed by atoms with van der Waals surface area (Å²) in [6, 6.07) is 12.0. The fraction of sp³-hybridized carbons (Fsp3) is 0.294. The van der Waals surface area contributed by atoms with Crippen LogP contribution >= 0.6 is 27.5 Å². The molecule has 0 aliphatic heterocycles. The monoisotopic (exact) mass is 367 g/mol. The van der Waals surface area contributed by atoms with E-state index < -0.39 is 0 Å². The van der Waals surface area contributed by atoms with Crippen LogP contribution in [0.25, 0.3) is 0 Å². The van der Waals surface area contributed by atoms with Crippen LogP contribution in [-0.2, 0) is 6.54 Å². The summed E-state index contributed by atoms with van der Waals surface area (Å²) in [6.45, 7) is 5.54. The van der Waals surface area contributed by atoms with Crippen LogP contribution < -0.4 is 10.1 Å². The van der Waals surface area contributed by atoms with E-state index in [1.54, 1.807) is 0 Å². The lowest BCUT2D eigenvalue weighted by atomic mass is 10.2. The molecule has 0 atom stereocenters. The summed E-state index contributed by atoms with van der Waals surface area (Å²) in [5.41, 5.74) is 3.23. The van der Waals surface area contributed by atoms with E-state index in [4.69, 9.17) is 16.3 Å². The van der Waals surface area contributed by atoms with Crippen LogP contribution in [0.15, 0.2) is 40.9 Å². The number of nitrogens with one attached hydrogen (secondary N) is 1. The lowest BCUT2D eigenvalue weighted by Gasteiger charge is -2.14. The Morgan fingerprint density at radius 2 is 2.00 bits per heavy atom. The van der Waals surface area contributed by atoms with Gasteiger partial charge in [0.25, 0.3) is 0 Å². The third-order valence-corrected chi connectivity index (χ3v) is 3.94. The molecule has 112 valence electrons. The summed E-state index contributed by atoms with van der Waals surface area (Å²) in [5.74, 6) is 0.892. The second-order valence-corrected chi connectivity index (χ2v) is 6.26. The first kappa shape index (κ1) is 16.2. The van der Waals surface area contributed by atoms with Crippen LogP contribution in [-0.4, -0.2) is 6.61 Å². The van der Waals surface area contributed by atoms with Crippen molar-refractivity contribution >= 4 is 33.2 Å². The molecule has 1 N–H and O–H groups in total. The fourth-order valence-corrected chi connectivity index (χ4v) is 2.57. The summed E-state index contributed by atoms with van der Waals surface area (Å²) in [7, 11) is 0. The van der Waals surface area contributed by atoms with Gasteiger partial charge in [-0.3, -0.25) is 0 Å². The first-order valence-corrected chi connectivity index (χ1v) is 8.18. The van der Waals surface area contributed by atoms with E-state index in [-0.39, 0.29) is 0 Å². The Labute approximate surface area is 139 Å². The normalized spacial score (nSPS) is 10.5. The minimum Gasteiger partial charge on any atom is -0.491 e. The number of benzene rings is 2. The SMILES string of the molecule is CCCOc1cc(C)ccc1NCc1cc(Br)ccc1Cl. The summed E-state index contributed by atoms with van der Waals surface area (Å²) >= 11 is 9.69. The predicted molar refractivity (Wildman–Crippen MR) is 93.4 cm³/mol. The molecule has 0 fully saturated rings. The molecular formula is C17H19BrClNO. The van der Waals surface area contributed by atoms with Gasteiger partial charge >= 0.3 is 0 Å². The molecule has 0 saturated heterocycles. The maximum Gasteiger partial charge on any atom is 0.142 e. The van der Waals surface area contributed by atoms with Crippen LogP contribution in [0, 0.1) is 6.92 Å². The quantitative estimate of drug-likeness (QED) is 0.694. The molecule has 0 saturated carbocycles. The van der Waals surface area contributed by atoms with Gasteiger partial charge in [-0.05, 0) is 54.8 Å². The fourth-order valence-electron chi connectivity index (χ4n) is 1.98. The van der Waals surface area contributed by atoms with E-state index >= 15 is 0 Å². The minimum atomic E-state index is 0.657. The molecule has 21 heavy (non-hydrogen) atoms. The first-order chi connectivity index (χ1) is 10.1. The number of aryl methyl sites for hydroxylation is 1. The highest BCUT2D eigenvalue weighted by atomic mass is 79.9. The highest BCUT2D eigenvalue weighted by Crippen LogP contribution is 2.28. The van der Waals surface area contributed by atoms with Crippen molar-refractivity contribution in [1.82, 2.24) is 0 Å². The molecule has 0 aliphatic carbocycles. The Hall–Kier alpha value is -1.19. The number of hydrogen-bond donors (Lipinski definition) is 1. The van der Waals surface area contributed by atoms with Crippen molar-refractivity contribution in [2.45, 2.75) is 26.8 Å². The molecule has 0 amide bonds. The molecular weight excluding hydrogens is 350 g/mol. The maximum atomic E-state index is 6.22. The van der Waals surface area contributed by atoms with Crippen molar-refractivity contribution in [3.63, 3.8) is 0 Å². The van der Waals surface area contributed by atoms with Gasteiger partial charge in [-0.25, -0.2) is 0 Å². The summed E-state index contributed by atoms with van der Waals surface area (Å²) in [5, 5.41) is 4.16. The van der Waals surface area contributed by atoms with E-state index in [9.17, 15) is 0 Å². The zero-order chi connectivity index (χ0) is 15.2. The van der Waals surface area contributed by atoms with E-state index in [1.807, 2.05) is 24.3 Å². The molecule has 0 unspecified atom stereocenters. The largest absolute Gasteiger partial charge is 0.491 e. The van der Waals surface area contributed by atoms with Crippen molar-refractivity contribution in [3.8, 4) is 5.75 Å². The molecule has 4 heteroatoms. The van der Waals surface area contributed by atoms with Crippen LogP contribution in [0.5, 0.6) is 5.75 Å². The van der Waals surface area contributed by atoms with Gasteiger partial charge in [0.05, 0.1) is 12.3 Å². The van der Waals surface area contributed by atoms with E-state index in [2.05, 4.69) is 47.2 Å². The van der Waals surface area contributed by atoms with Crippen molar-refractivity contribution < 1.29 is 4.74 Å². The van der Waals surface area contributed by atoms with Crippen molar-refractivity contribution in [1.29, 1.82) is 0 Å². The Morgan fingerprint density at radius 3 is 2.76 bits per heavy atom. The summed E-state index contributed by atoms with van der Waals surface area (Å²) in [4.78, 5) is 0. The lowest BCUT2D eigenvalue weighted by molar-refractivity contribution is 0.318. The van der Waals surface area contributed by atoms with Crippen LogP contribution in [0.2, 0.25) is 5.02 Å².